The zero-order valence-corrected chi connectivity index (χ0v) is 18.0. The smallest absolute Gasteiger partial charge is 0.244 e. The summed E-state index contributed by atoms with van der Waals surface area (Å²) < 4.78 is 46.6. The summed E-state index contributed by atoms with van der Waals surface area (Å²) in [6, 6.07) is 11.4. The van der Waals surface area contributed by atoms with Crippen LogP contribution in [0, 0.1) is 5.82 Å². The average molecular weight is 448 g/mol. The van der Waals surface area contributed by atoms with Gasteiger partial charge in [0.1, 0.15) is 11.9 Å². The van der Waals surface area contributed by atoms with Crippen LogP contribution in [0.5, 0.6) is 0 Å². The summed E-state index contributed by atoms with van der Waals surface area (Å²) in [6.45, 7) is 4.20. The second-order valence-corrected chi connectivity index (χ2v) is 9.63. The SMILES string of the molecule is O=C(NCCN1CCOCC1)[C@H]1Cc2ccccc2CN1S(=O)(=O)c1ccc(F)cc1. The molecule has 0 aromatic heterocycles. The van der Waals surface area contributed by atoms with Crippen molar-refractivity contribution in [1.29, 1.82) is 0 Å². The zero-order valence-electron chi connectivity index (χ0n) is 17.2. The Morgan fingerprint density at radius 2 is 1.74 bits per heavy atom. The Labute approximate surface area is 181 Å². The van der Waals surface area contributed by atoms with E-state index < -0.39 is 21.9 Å². The van der Waals surface area contributed by atoms with Crippen LogP contribution in [-0.4, -0.2) is 69.0 Å². The second kappa shape index (κ2) is 9.44. The Bertz CT molecular complexity index is 1020. The van der Waals surface area contributed by atoms with E-state index in [1.807, 2.05) is 24.3 Å². The number of carbonyl (C=O) groups is 1. The molecule has 31 heavy (non-hydrogen) atoms. The third-order valence-corrected chi connectivity index (χ3v) is 7.63. The molecule has 2 aromatic rings. The maximum absolute atomic E-state index is 13.3. The highest BCUT2D eigenvalue weighted by Crippen LogP contribution is 2.29. The van der Waals surface area contributed by atoms with Crippen LogP contribution < -0.4 is 5.32 Å². The first-order valence-corrected chi connectivity index (χ1v) is 11.8. The maximum Gasteiger partial charge on any atom is 0.244 e. The first-order valence-electron chi connectivity index (χ1n) is 10.4. The number of halogens is 1. The fraction of sp³-hybridized carbons (Fsp3) is 0.409. The van der Waals surface area contributed by atoms with Gasteiger partial charge in [-0.3, -0.25) is 9.69 Å². The molecule has 2 aliphatic heterocycles. The van der Waals surface area contributed by atoms with Crippen molar-refractivity contribution in [1.82, 2.24) is 14.5 Å². The predicted octanol–water partition coefficient (Wildman–Crippen LogP) is 1.39. The fourth-order valence-corrected chi connectivity index (χ4v) is 5.56. The Hall–Kier alpha value is -2.33. The number of sulfonamides is 1. The van der Waals surface area contributed by atoms with Gasteiger partial charge in [0.15, 0.2) is 0 Å². The van der Waals surface area contributed by atoms with E-state index in [-0.39, 0.29) is 17.3 Å². The number of rotatable bonds is 6. The molecule has 1 saturated heterocycles. The maximum atomic E-state index is 13.3. The lowest BCUT2D eigenvalue weighted by Crippen LogP contribution is -2.53. The highest BCUT2D eigenvalue weighted by molar-refractivity contribution is 7.89. The van der Waals surface area contributed by atoms with Crippen molar-refractivity contribution < 1.29 is 22.3 Å². The number of carbonyl (C=O) groups excluding carboxylic acids is 1. The van der Waals surface area contributed by atoms with E-state index in [2.05, 4.69) is 10.2 Å². The van der Waals surface area contributed by atoms with E-state index >= 15 is 0 Å². The summed E-state index contributed by atoms with van der Waals surface area (Å²) in [4.78, 5) is 15.2. The monoisotopic (exact) mass is 447 g/mol. The number of nitrogens with zero attached hydrogens (tertiary/aromatic N) is 2. The molecule has 0 radical (unpaired) electrons. The molecule has 1 N–H and O–H groups in total. The van der Waals surface area contributed by atoms with Gasteiger partial charge in [-0.1, -0.05) is 24.3 Å². The van der Waals surface area contributed by atoms with Crippen LogP contribution in [0.15, 0.2) is 53.4 Å². The number of benzene rings is 2. The number of fused-ring (bicyclic) bond motifs is 1. The van der Waals surface area contributed by atoms with Crippen molar-refractivity contribution in [3.8, 4) is 0 Å². The van der Waals surface area contributed by atoms with E-state index in [1.54, 1.807) is 0 Å². The third kappa shape index (κ3) is 4.95. The summed E-state index contributed by atoms with van der Waals surface area (Å²) in [6.07, 6.45) is 0.292. The molecule has 1 amide bonds. The summed E-state index contributed by atoms with van der Waals surface area (Å²) in [5, 5.41) is 2.91. The molecule has 0 bridgehead atoms. The molecule has 2 aliphatic rings. The van der Waals surface area contributed by atoms with Crippen LogP contribution in [0.1, 0.15) is 11.1 Å². The van der Waals surface area contributed by atoms with Crippen molar-refractivity contribution >= 4 is 15.9 Å². The molecule has 2 aromatic carbocycles. The van der Waals surface area contributed by atoms with Crippen LogP contribution in [-0.2, 0) is 32.5 Å². The third-order valence-electron chi connectivity index (χ3n) is 5.76. The Morgan fingerprint density at radius 1 is 1.06 bits per heavy atom. The normalized spacial score (nSPS) is 20.2. The Morgan fingerprint density at radius 3 is 2.45 bits per heavy atom. The molecular weight excluding hydrogens is 421 g/mol. The number of ether oxygens (including phenoxy) is 1. The van der Waals surface area contributed by atoms with Gasteiger partial charge in [-0.15, -0.1) is 0 Å². The largest absolute Gasteiger partial charge is 0.379 e. The molecule has 2 heterocycles. The second-order valence-electron chi connectivity index (χ2n) is 7.74. The lowest BCUT2D eigenvalue weighted by molar-refractivity contribution is -0.125. The highest BCUT2D eigenvalue weighted by atomic mass is 32.2. The van der Waals surface area contributed by atoms with E-state index in [0.717, 1.165) is 36.3 Å². The van der Waals surface area contributed by atoms with Crippen LogP contribution in [0.4, 0.5) is 4.39 Å². The Balaban J connectivity index is 1.54. The number of morpholine rings is 1. The molecule has 9 heteroatoms. The van der Waals surface area contributed by atoms with Crippen molar-refractivity contribution in [2.24, 2.45) is 0 Å². The lowest BCUT2D eigenvalue weighted by atomic mass is 9.95. The van der Waals surface area contributed by atoms with Gasteiger partial charge in [0.25, 0.3) is 0 Å². The molecule has 0 unspecified atom stereocenters. The van der Waals surface area contributed by atoms with Gasteiger partial charge in [-0.2, -0.15) is 4.31 Å². The fourth-order valence-electron chi connectivity index (χ4n) is 4.00. The van der Waals surface area contributed by atoms with Crippen molar-refractivity contribution in [2.75, 3.05) is 39.4 Å². The minimum atomic E-state index is -3.98. The van der Waals surface area contributed by atoms with Gasteiger partial charge >= 0.3 is 0 Å². The van der Waals surface area contributed by atoms with Gasteiger partial charge in [0.05, 0.1) is 18.1 Å². The minimum absolute atomic E-state index is 0.0283. The van der Waals surface area contributed by atoms with Gasteiger partial charge < -0.3 is 10.1 Å². The molecule has 166 valence electrons. The van der Waals surface area contributed by atoms with Crippen LogP contribution >= 0.6 is 0 Å². The van der Waals surface area contributed by atoms with Crippen molar-refractivity contribution in [2.45, 2.75) is 23.9 Å². The van der Waals surface area contributed by atoms with E-state index in [1.165, 1.54) is 16.4 Å². The lowest BCUT2D eigenvalue weighted by Gasteiger charge is -2.35. The number of hydrogen-bond donors (Lipinski definition) is 1. The van der Waals surface area contributed by atoms with Crippen LogP contribution in [0.2, 0.25) is 0 Å². The average Bonchev–Trinajstić information content (AvgIpc) is 2.79. The molecule has 7 nitrogen and oxygen atoms in total. The molecule has 0 saturated carbocycles. The van der Waals surface area contributed by atoms with Crippen molar-refractivity contribution in [3.63, 3.8) is 0 Å². The first kappa shape index (κ1) is 21.9. The quantitative estimate of drug-likeness (QED) is 0.724. The molecule has 4 rings (SSSR count). The Kier molecular flexibility index (Phi) is 6.66. The molecule has 0 aliphatic carbocycles. The van der Waals surface area contributed by atoms with Crippen LogP contribution in [0.25, 0.3) is 0 Å². The summed E-state index contributed by atoms with van der Waals surface area (Å²) in [5.41, 5.74) is 1.83. The summed E-state index contributed by atoms with van der Waals surface area (Å²) >= 11 is 0. The van der Waals surface area contributed by atoms with Gasteiger partial charge in [0, 0.05) is 32.7 Å². The van der Waals surface area contributed by atoms with Gasteiger partial charge in [-0.05, 0) is 41.8 Å². The summed E-state index contributed by atoms with van der Waals surface area (Å²) in [5.74, 6) is -0.839. The van der Waals surface area contributed by atoms with E-state index in [9.17, 15) is 17.6 Å². The standard InChI is InChI=1S/C22H26FN3O4S/c23-19-5-7-20(8-6-19)31(28,29)26-16-18-4-2-1-3-17(18)15-21(26)22(27)24-9-10-25-11-13-30-14-12-25/h1-8,21H,9-16H2,(H,24,27)/t21-/m1/s1. The molecule has 0 spiro atoms. The minimum Gasteiger partial charge on any atom is -0.379 e. The topological polar surface area (TPSA) is 79.0 Å². The van der Waals surface area contributed by atoms with E-state index in [0.29, 0.717) is 32.7 Å². The number of hydrogen-bond acceptors (Lipinski definition) is 5. The van der Waals surface area contributed by atoms with Crippen molar-refractivity contribution in [3.05, 3.63) is 65.5 Å². The number of nitrogens with one attached hydrogen (secondary N) is 1. The zero-order chi connectivity index (χ0) is 21.8. The highest BCUT2D eigenvalue weighted by Gasteiger charge is 2.39. The predicted molar refractivity (Wildman–Crippen MR) is 113 cm³/mol. The van der Waals surface area contributed by atoms with Gasteiger partial charge in [0.2, 0.25) is 15.9 Å². The molecular formula is C22H26FN3O4S. The summed E-state index contributed by atoms with van der Waals surface area (Å²) in [7, 11) is -3.98. The van der Waals surface area contributed by atoms with Crippen LogP contribution in [0.3, 0.4) is 0 Å². The molecule has 1 atom stereocenters. The van der Waals surface area contributed by atoms with E-state index in [4.69, 9.17) is 4.74 Å². The number of amides is 1. The molecule has 1 fully saturated rings. The van der Waals surface area contributed by atoms with Gasteiger partial charge in [-0.25, -0.2) is 12.8 Å². The first-order chi connectivity index (χ1) is 14.9.